The van der Waals surface area contributed by atoms with Crippen LogP contribution in [0.4, 0.5) is 5.69 Å². The van der Waals surface area contributed by atoms with Crippen LogP contribution in [0.1, 0.15) is 39.5 Å². The minimum absolute atomic E-state index is 0.424. The molecule has 0 fully saturated rings. The molecule has 21 heavy (non-hydrogen) atoms. The van der Waals surface area contributed by atoms with Crippen molar-refractivity contribution >= 4 is 29.1 Å². The van der Waals surface area contributed by atoms with Gasteiger partial charge in [-0.3, -0.25) is 9.59 Å². The second-order valence-corrected chi connectivity index (χ2v) is 5.53. The fraction of sp³-hybridized carbons (Fsp3) is 0.500. The van der Waals surface area contributed by atoms with Gasteiger partial charge < -0.3 is 10.6 Å². The molecular weight excluding hydrogens is 288 g/mol. The third-order valence-electron chi connectivity index (χ3n) is 3.38. The Balaban J connectivity index is 2.42. The van der Waals surface area contributed by atoms with Crippen molar-refractivity contribution in [2.45, 2.75) is 39.5 Å². The van der Waals surface area contributed by atoms with Crippen molar-refractivity contribution in [3.8, 4) is 0 Å². The average molecular weight is 311 g/mol. The van der Waals surface area contributed by atoms with E-state index in [1.807, 2.05) is 0 Å². The van der Waals surface area contributed by atoms with E-state index in [1.165, 1.54) is 0 Å². The number of carbonyl (C=O) groups excluding carboxylic acids is 2. The lowest BCUT2D eigenvalue weighted by molar-refractivity contribution is -0.136. The molecule has 1 aromatic carbocycles. The molecule has 0 aliphatic heterocycles. The van der Waals surface area contributed by atoms with Gasteiger partial charge in [0, 0.05) is 17.3 Å². The number of halogens is 1. The molecule has 0 bridgehead atoms. The zero-order valence-corrected chi connectivity index (χ0v) is 13.4. The van der Waals surface area contributed by atoms with Crippen LogP contribution in [0.3, 0.4) is 0 Å². The minimum Gasteiger partial charge on any atom is -0.348 e. The molecule has 0 saturated heterocycles. The van der Waals surface area contributed by atoms with E-state index in [-0.39, 0.29) is 0 Å². The van der Waals surface area contributed by atoms with E-state index in [1.54, 1.807) is 24.3 Å². The lowest BCUT2D eigenvalue weighted by atomic mass is 9.99. The van der Waals surface area contributed by atoms with Crippen LogP contribution in [0.2, 0.25) is 5.02 Å². The number of nitrogens with one attached hydrogen (secondary N) is 2. The maximum absolute atomic E-state index is 11.8. The van der Waals surface area contributed by atoms with Crippen molar-refractivity contribution in [1.82, 2.24) is 5.32 Å². The number of unbranched alkanes of at least 4 members (excludes halogenated alkanes) is 1. The quantitative estimate of drug-likeness (QED) is 0.756. The van der Waals surface area contributed by atoms with Crippen LogP contribution < -0.4 is 10.6 Å². The summed E-state index contributed by atoms with van der Waals surface area (Å²) in [5.74, 6) is -0.847. The first-order valence-electron chi connectivity index (χ1n) is 7.41. The number of amides is 2. The second kappa shape index (κ2) is 9.40. The van der Waals surface area contributed by atoms with Crippen molar-refractivity contribution in [3.63, 3.8) is 0 Å². The lowest BCUT2D eigenvalue weighted by Gasteiger charge is -2.15. The maximum Gasteiger partial charge on any atom is 0.313 e. The number of hydrogen-bond donors (Lipinski definition) is 2. The molecule has 1 atom stereocenters. The Morgan fingerprint density at radius 2 is 2.00 bits per heavy atom. The van der Waals surface area contributed by atoms with Gasteiger partial charge in [-0.25, -0.2) is 0 Å². The van der Waals surface area contributed by atoms with E-state index >= 15 is 0 Å². The Hall–Kier alpha value is -1.55. The Morgan fingerprint density at radius 1 is 1.24 bits per heavy atom. The molecule has 1 rings (SSSR count). The molecule has 0 saturated carbocycles. The van der Waals surface area contributed by atoms with Crippen LogP contribution in [-0.2, 0) is 9.59 Å². The summed E-state index contributed by atoms with van der Waals surface area (Å²) in [4.78, 5) is 23.5. The molecule has 2 N–H and O–H groups in total. The summed E-state index contributed by atoms with van der Waals surface area (Å²) >= 11 is 5.83. The highest BCUT2D eigenvalue weighted by molar-refractivity contribution is 6.39. The molecule has 0 heterocycles. The summed E-state index contributed by atoms with van der Waals surface area (Å²) in [6, 6.07) is 6.71. The van der Waals surface area contributed by atoms with Gasteiger partial charge in [-0.2, -0.15) is 0 Å². The van der Waals surface area contributed by atoms with Crippen LogP contribution in [0, 0.1) is 5.92 Å². The van der Waals surface area contributed by atoms with Crippen LogP contribution in [0.15, 0.2) is 24.3 Å². The average Bonchev–Trinajstić information content (AvgIpc) is 2.47. The van der Waals surface area contributed by atoms with Crippen LogP contribution in [0.25, 0.3) is 0 Å². The summed E-state index contributed by atoms with van der Waals surface area (Å²) in [5, 5.41) is 5.74. The molecule has 4 nitrogen and oxygen atoms in total. The smallest absolute Gasteiger partial charge is 0.313 e. The summed E-state index contributed by atoms with van der Waals surface area (Å²) in [7, 11) is 0. The van der Waals surface area contributed by atoms with Gasteiger partial charge >= 0.3 is 11.8 Å². The number of carbonyl (C=O) groups is 2. The third-order valence-corrected chi connectivity index (χ3v) is 3.62. The fourth-order valence-electron chi connectivity index (χ4n) is 2.01. The van der Waals surface area contributed by atoms with Gasteiger partial charge in [0.2, 0.25) is 0 Å². The van der Waals surface area contributed by atoms with Gasteiger partial charge in [-0.1, -0.05) is 50.8 Å². The molecule has 0 radical (unpaired) electrons. The number of hydrogen-bond acceptors (Lipinski definition) is 2. The molecule has 0 aromatic heterocycles. The van der Waals surface area contributed by atoms with E-state index in [2.05, 4.69) is 24.5 Å². The predicted molar refractivity (Wildman–Crippen MR) is 86.4 cm³/mol. The van der Waals surface area contributed by atoms with Crippen molar-refractivity contribution in [2.24, 2.45) is 5.92 Å². The van der Waals surface area contributed by atoms with Crippen LogP contribution >= 0.6 is 11.6 Å². The SMILES string of the molecule is CCCC[C@H](CC)CNC(=O)C(=O)Nc1cccc(Cl)c1. The van der Waals surface area contributed by atoms with E-state index in [4.69, 9.17) is 11.6 Å². The largest absolute Gasteiger partial charge is 0.348 e. The van der Waals surface area contributed by atoms with Crippen molar-refractivity contribution in [1.29, 1.82) is 0 Å². The normalized spacial score (nSPS) is 11.8. The molecule has 1 aromatic rings. The van der Waals surface area contributed by atoms with Crippen LogP contribution in [0.5, 0.6) is 0 Å². The van der Waals surface area contributed by atoms with Crippen LogP contribution in [-0.4, -0.2) is 18.4 Å². The summed E-state index contributed by atoms with van der Waals surface area (Å²) in [6.07, 6.45) is 4.35. The first-order chi connectivity index (χ1) is 10.1. The summed E-state index contributed by atoms with van der Waals surface area (Å²) in [5.41, 5.74) is 0.515. The van der Waals surface area contributed by atoms with Crippen molar-refractivity contribution in [2.75, 3.05) is 11.9 Å². The standard InChI is InChI=1S/C16H23ClN2O2/c1-3-5-7-12(4-2)11-18-15(20)16(21)19-14-9-6-8-13(17)10-14/h6,8-10,12H,3-5,7,11H2,1-2H3,(H,18,20)(H,19,21)/t12-/m0/s1. The molecule has 116 valence electrons. The third kappa shape index (κ3) is 6.63. The molecular formula is C16H23ClN2O2. The summed E-state index contributed by atoms with van der Waals surface area (Å²) in [6.45, 7) is 4.78. The predicted octanol–water partition coefficient (Wildman–Crippen LogP) is 3.61. The Morgan fingerprint density at radius 3 is 2.62 bits per heavy atom. The number of benzene rings is 1. The second-order valence-electron chi connectivity index (χ2n) is 5.09. The molecule has 0 unspecified atom stereocenters. The number of anilines is 1. The highest BCUT2D eigenvalue weighted by Crippen LogP contribution is 2.15. The Kier molecular flexibility index (Phi) is 7.83. The van der Waals surface area contributed by atoms with Gasteiger partial charge in [0.15, 0.2) is 0 Å². The number of rotatable bonds is 7. The van der Waals surface area contributed by atoms with Gasteiger partial charge in [0.05, 0.1) is 0 Å². The zero-order chi connectivity index (χ0) is 15.7. The first-order valence-corrected chi connectivity index (χ1v) is 7.79. The monoisotopic (exact) mass is 310 g/mol. The van der Waals surface area contributed by atoms with E-state index in [0.717, 1.165) is 25.7 Å². The zero-order valence-electron chi connectivity index (χ0n) is 12.6. The molecule has 0 spiro atoms. The molecule has 5 heteroatoms. The van der Waals surface area contributed by atoms with Gasteiger partial charge in [-0.05, 0) is 30.5 Å². The lowest BCUT2D eigenvalue weighted by Crippen LogP contribution is -2.38. The van der Waals surface area contributed by atoms with Gasteiger partial charge in [0.1, 0.15) is 0 Å². The Bertz CT molecular complexity index is 477. The maximum atomic E-state index is 11.8. The molecule has 0 aliphatic carbocycles. The van der Waals surface area contributed by atoms with Crippen molar-refractivity contribution < 1.29 is 9.59 Å². The highest BCUT2D eigenvalue weighted by Gasteiger charge is 2.15. The van der Waals surface area contributed by atoms with Gasteiger partial charge in [0.25, 0.3) is 0 Å². The highest BCUT2D eigenvalue weighted by atomic mass is 35.5. The summed E-state index contributed by atoms with van der Waals surface area (Å²) < 4.78 is 0. The minimum atomic E-state index is -0.664. The fourth-order valence-corrected chi connectivity index (χ4v) is 2.21. The van der Waals surface area contributed by atoms with E-state index in [9.17, 15) is 9.59 Å². The van der Waals surface area contributed by atoms with Crippen molar-refractivity contribution in [3.05, 3.63) is 29.3 Å². The van der Waals surface area contributed by atoms with Gasteiger partial charge in [-0.15, -0.1) is 0 Å². The molecule has 0 aliphatic rings. The molecule has 2 amide bonds. The van der Waals surface area contributed by atoms with E-state index < -0.39 is 11.8 Å². The topological polar surface area (TPSA) is 58.2 Å². The Labute approximate surface area is 131 Å². The first kappa shape index (κ1) is 17.5. The van der Waals surface area contributed by atoms with E-state index in [0.29, 0.717) is 23.2 Å².